The zero-order valence-electron chi connectivity index (χ0n) is 13.1. The summed E-state index contributed by atoms with van der Waals surface area (Å²) in [6, 6.07) is 12.2. The van der Waals surface area contributed by atoms with Crippen molar-refractivity contribution < 1.29 is 0 Å². The third kappa shape index (κ3) is 4.60. The van der Waals surface area contributed by atoms with Crippen LogP contribution >= 0.6 is 0 Å². The van der Waals surface area contributed by atoms with E-state index >= 15 is 0 Å². The fourth-order valence-corrected chi connectivity index (χ4v) is 3.29. The molecule has 2 unspecified atom stereocenters. The van der Waals surface area contributed by atoms with Crippen LogP contribution in [0.5, 0.6) is 0 Å². The topological polar surface area (TPSA) is 15.3 Å². The molecule has 0 radical (unpaired) electrons. The van der Waals surface area contributed by atoms with E-state index < -0.39 is 0 Å². The van der Waals surface area contributed by atoms with Gasteiger partial charge in [0.25, 0.3) is 0 Å². The highest BCUT2D eigenvalue weighted by atomic mass is 15.2. The summed E-state index contributed by atoms with van der Waals surface area (Å²) in [6.07, 6.45) is 7.79. The van der Waals surface area contributed by atoms with Gasteiger partial charge in [-0.05, 0) is 51.4 Å². The van der Waals surface area contributed by atoms with Crippen LogP contribution in [0.25, 0.3) is 0 Å². The van der Waals surface area contributed by atoms with Crippen molar-refractivity contribution >= 4 is 0 Å². The van der Waals surface area contributed by atoms with E-state index in [1.807, 2.05) is 0 Å². The van der Waals surface area contributed by atoms with E-state index in [9.17, 15) is 0 Å². The molecule has 1 aromatic carbocycles. The van der Waals surface area contributed by atoms with Crippen LogP contribution in [0, 0.1) is 0 Å². The van der Waals surface area contributed by atoms with Crippen LogP contribution in [0.4, 0.5) is 0 Å². The molecule has 0 aliphatic carbocycles. The maximum atomic E-state index is 3.83. The maximum absolute atomic E-state index is 3.83. The molecule has 2 rings (SSSR count). The average Bonchev–Trinajstić information content (AvgIpc) is 2.48. The van der Waals surface area contributed by atoms with E-state index in [-0.39, 0.29) is 0 Å². The van der Waals surface area contributed by atoms with Crippen molar-refractivity contribution in [2.75, 3.05) is 20.1 Å². The molecule has 20 heavy (non-hydrogen) atoms. The van der Waals surface area contributed by atoms with E-state index in [0.717, 1.165) is 13.0 Å². The summed E-state index contributed by atoms with van der Waals surface area (Å²) in [5.41, 5.74) is 1.46. The van der Waals surface area contributed by atoms with Gasteiger partial charge in [-0.15, -0.1) is 0 Å². The lowest BCUT2D eigenvalue weighted by Crippen LogP contribution is -2.52. The Morgan fingerprint density at radius 1 is 1.25 bits per heavy atom. The van der Waals surface area contributed by atoms with Gasteiger partial charge in [-0.2, -0.15) is 0 Å². The maximum Gasteiger partial charge on any atom is 0.0263 e. The molecule has 1 heterocycles. The minimum absolute atomic E-state index is 0.592. The number of likely N-dealkylation sites (tertiary alicyclic amines) is 1. The lowest BCUT2D eigenvalue weighted by atomic mass is 9.91. The van der Waals surface area contributed by atoms with Crippen LogP contribution in [-0.4, -0.2) is 37.1 Å². The average molecular weight is 274 g/mol. The molecule has 2 atom stereocenters. The number of nitrogens with zero attached hydrogens (tertiary/aromatic N) is 1. The number of unbranched alkanes of at least 4 members (excludes halogenated alkanes) is 1. The van der Waals surface area contributed by atoms with Crippen molar-refractivity contribution in [3.05, 3.63) is 35.9 Å². The van der Waals surface area contributed by atoms with Crippen LogP contribution in [0.2, 0.25) is 0 Å². The molecule has 1 aromatic rings. The second-order valence-electron chi connectivity index (χ2n) is 6.15. The summed E-state index contributed by atoms with van der Waals surface area (Å²) in [4.78, 5) is 2.57. The van der Waals surface area contributed by atoms with Crippen molar-refractivity contribution in [3.8, 4) is 0 Å². The summed E-state index contributed by atoms with van der Waals surface area (Å²) in [7, 11) is 2.29. The molecule has 0 amide bonds. The first kappa shape index (κ1) is 15.5. The highest BCUT2D eigenvalue weighted by molar-refractivity contribution is 5.16. The van der Waals surface area contributed by atoms with Gasteiger partial charge in [0, 0.05) is 12.1 Å². The Kier molecular flexibility index (Phi) is 6.55. The first-order chi connectivity index (χ1) is 9.81. The number of benzene rings is 1. The molecule has 1 aliphatic rings. The fraction of sp³-hybridized carbons (Fsp3) is 0.667. The number of piperidine rings is 1. The molecule has 2 heteroatoms. The molecule has 1 saturated heterocycles. The van der Waals surface area contributed by atoms with E-state index in [1.54, 1.807) is 0 Å². The van der Waals surface area contributed by atoms with Gasteiger partial charge in [-0.3, -0.25) is 0 Å². The van der Waals surface area contributed by atoms with Crippen LogP contribution in [0.15, 0.2) is 30.3 Å². The Balaban J connectivity index is 1.99. The molecule has 1 N–H and O–H groups in total. The molecule has 0 bridgehead atoms. The number of hydrogen-bond acceptors (Lipinski definition) is 2. The Morgan fingerprint density at radius 2 is 2.05 bits per heavy atom. The monoisotopic (exact) mass is 274 g/mol. The van der Waals surface area contributed by atoms with Crippen molar-refractivity contribution in [2.24, 2.45) is 0 Å². The zero-order valence-corrected chi connectivity index (χ0v) is 13.1. The summed E-state index contributed by atoms with van der Waals surface area (Å²) >= 11 is 0. The first-order valence-electron chi connectivity index (χ1n) is 8.29. The van der Waals surface area contributed by atoms with Crippen molar-refractivity contribution in [2.45, 2.75) is 57.5 Å². The summed E-state index contributed by atoms with van der Waals surface area (Å²) in [5.74, 6) is 0. The highest BCUT2D eigenvalue weighted by Crippen LogP contribution is 2.20. The van der Waals surface area contributed by atoms with E-state index in [0.29, 0.717) is 12.1 Å². The Bertz CT molecular complexity index is 363. The van der Waals surface area contributed by atoms with Gasteiger partial charge >= 0.3 is 0 Å². The predicted molar refractivity (Wildman–Crippen MR) is 87.1 cm³/mol. The molecular formula is C18H30N2. The Labute approximate surface area is 124 Å². The predicted octanol–water partition coefficient (Wildman–Crippen LogP) is 3.47. The summed E-state index contributed by atoms with van der Waals surface area (Å²) < 4.78 is 0. The molecule has 2 nitrogen and oxygen atoms in total. The van der Waals surface area contributed by atoms with Gasteiger partial charge in [0.1, 0.15) is 0 Å². The Morgan fingerprint density at radius 3 is 2.75 bits per heavy atom. The van der Waals surface area contributed by atoms with E-state index in [2.05, 4.69) is 54.5 Å². The molecule has 0 aromatic heterocycles. The zero-order chi connectivity index (χ0) is 14.2. The molecule has 1 aliphatic heterocycles. The van der Waals surface area contributed by atoms with Crippen LogP contribution in [-0.2, 0) is 6.42 Å². The van der Waals surface area contributed by atoms with Gasteiger partial charge in [0.15, 0.2) is 0 Å². The largest absolute Gasteiger partial charge is 0.312 e. The smallest absolute Gasteiger partial charge is 0.0263 e. The lowest BCUT2D eigenvalue weighted by Gasteiger charge is -2.38. The minimum Gasteiger partial charge on any atom is -0.312 e. The summed E-state index contributed by atoms with van der Waals surface area (Å²) in [6.45, 7) is 4.67. The van der Waals surface area contributed by atoms with Gasteiger partial charge in [-0.1, -0.05) is 50.1 Å². The van der Waals surface area contributed by atoms with Crippen molar-refractivity contribution in [1.82, 2.24) is 10.2 Å². The molecule has 0 spiro atoms. The Hall–Kier alpha value is -0.860. The standard InChI is InChI=1S/C18H30N2/c1-3-4-13-19-17(15-16-10-6-5-7-11-16)18-12-8-9-14-20(18)2/h5-7,10-11,17-19H,3-4,8-9,12-15H2,1-2H3. The quantitative estimate of drug-likeness (QED) is 0.766. The van der Waals surface area contributed by atoms with E-state index in [4.69, 9.17) is 0 Å². The number of nitrogens with one attached hydrogen (secondary N) is 1. The molecule has 0 saturated carbocycles. The fourth-order valence-electron chi connectivity index (χ4n) is 3.29. The highest BCUT2D eigenvalue weighted by Gasteiger charge is 2.27. The van der Waals surface area contributed by atoms with Gasteiger partial charge in [0.05, 0.1) is 0 Å². The molecular weight excluding hydrogens is 244 g/mol. The summed E-state index contributed by atoms with van der Waals surface area (Å²) in [5, 5.41) is 3.83. The third-order valence-corrected chi connectivity index (χ3v) is 4.53. The number of hydrogen-bond donors (Lipinski definition) is 1. The van der Waals surface area contributed by atoms with Gasteiger partial charge in [0.2, 0.25) is 0 Å². The third-order valence-electron chi connectivity index (χ3n) is 4.53. The van der Waals surface area contributed by atoms with Gasteiger partial charge < -0.3 is 10.2 Å². The normalized spacial score (nSPS) is 21.8. The minimum atomic E-state index is 0.592. The second-order valence-corrected chi connectivity index (χ2v) is 6.15. The second kappa shape index (κ2) is 8.43. The first-order valence-corrected chi connectivity index (χ1v) is 8.29. The number of rotatable bonds is 7. The number of likely N-dealkylation sites (N-methyl/N-ethyl adjacent to an activating group) is 1. The van der Waals surface area contributed by atoms with Crippen molar-refractivity contribution in [1.29, 1.82) is 0 Å². The molecule has 1 fully saturated rings. The lowest BCUT2D eigenvalue weighted by molar-refractivity contribution is 0.144. The SMILES string of the molecule is CCCCNC(Cc1ccccc1)C1CCCCN1C. The van der Waals surface area contributed by atoms with Crippen LogP contribution in [0.1, 0.15) is 44.6 Å². The van der Waals surface area contributed by atoms with Crippen LogP contribution in [0.3, 0.4) is 0 Å². The van der Waals surface area contributed by atoms with E-state index in [1.165, 1.54) is 44.2 Å². The molecule has 112 valence electrons. The van der Waals surface area contributed by atoms with Crippen molar-refractivity contribution in [3.63, 3.8) is 0 Å². The van der Waals surface area contributed by atoms with Crippen LogP contribution < -0.4 is 5.32 Å². The van der Waals surface area contributed by atoms with Gasteiger partial charge in [-0.25, -0.2) is 0 Å².